The number of hydrogen-bond donors (Lipinski definition) is 1. The number of benzene rings is 2. The van der Waals surface area contributed by atoms with Crippen molar-refractivity contribution in [1.29, 1.82) is 0 Å². The minimum absolute atomic E-state index is 0.00202. The number of nitrogens with zero attached hydrogens (tertiary/aromatic N) is 1. The highest BCUT2D eigenvalue weighted by molar-refractivity contribution is 7.99. The molecule has 0 spiro atoms. The largest absolute Gasteiger partial charge is 0.349 e. The lowest BCUT2D eigenvalue weighted by Gasteiger charge is -2.27. The SMILES string of the molecule is C[C@H](c1ccccc1)N1C[C@H](C(=O)N[C@H]2CCSc3ccccc32)CC1=O. The molecule has 2 aliphatic heterocycles. The summed E-state index contributed by atoms with van der Waals surface area (Å²) in [5.41, 5.74) is 2.30. The first-order valence-electron chi connectivity index (χ1n) is 9.50. The van der Waals surface area contributed by atoms with Gasteiger partial charge < -0.3 is 10.2 Å². The number of hydrogen-bond acceptors (Lipinski definition) is 3. The van der Waals surface area contributed by atoms with Gasteiger partial charge in [0.2, 0.25) is 11.8 Å². The molecule has 0 aliphatic carbocycles. The molecule has 2 aliphatic rings. The van der Waals surface area contributed by atoms with Gasteiger partial charge in [0.05, 0.1) is 18.0 Å². The molecule has 2 heterocycles. The zero-order chi connectivity index (χ0) is 18.8. The van der Waals surface area contributed by atoms with Gasteiger partial charge in [0.1, 0.15) is 0 Å². The molecule has 0 aromatic heterocycles. The van der Waals surface area contributed by atoms with E-state index in [1.54, 1.807) is 0 Å². The lowest BCUT2D eigenvalue weighted by Crippen LogP contribution is -2.37. The van der Waals surface area contributed by atoms with Gasteiger partial charge in [-0.25, -0.2) is 0 Å². The second-order valence-corrected chi connectivity index (χ2v) is 8.41. The van der Waals surface area contributed by atoms with Crippen LogP contribution >= 0.6 is 11.8 Å². The fourth-order valence-corrected chi connectivity index (χ4v) is 5.10. The van der Waals surface area contributed by atoms with Gasteiger partial charge in [0.25, 0.3) is 0 Å². The molecule has 1 N–H and O–H groups in total. The molecule has 27 heavy (non-hydrogen) atoms. The van der Waals surface area contributed by atoms with Crippen LogP contribution in [-0.4, -0.2) is 29.0 Å². The van der Waals surface area contributed by atoms with Crippen LogP contribution in [0, 0.1) is 5.92 Å². The first-order valence-corrected chi connectivity index (χ1v) is 10.5. The third-order valence-corrected chi connectivity index (χ3v) is 6.68. The van der Waals surface area contributed by atoms with Gasteiger partial charge in [0.15, 0.2) is 0 Å². The summed E-state index contributed by atoms with van der Waals surface area (Å²) < 4.78 is 0. The number of thioether (sulfide) groups is 1. The van der Waals surface area contributed by atoms with Crippen molar-refractivity contribution in [1.82, 2.24) is 10.2 Å². The molecule has 0 saturated carbocycles. The molecule has 1 fully saturated rings. The highest BCUT2D eigenvalue weighted by atomic mass is 32.2. The summed E-state index contributed by atoms with van der Waals surface area (Å²) in [6.07, 6.45) is 1.23. The van der Waals surface area contributed by atoms with Gasteiger partial charge in [-0.05, 0) is 30.5 Å². The number of carbonyl (C=O) groups excluding carboxylic acids is 2. The van der Waals surface area contributed by atoms with Crippen molar-refractivity contribution < 1.29 is 9.59 Å². The third kappa shape index (κ3) is 3.74. The minimum Gasteiger partial charge on any atom is -0.349 e. The smallest absolute Gasteiger partial charge is 0.225 e. The maximum Gasteiger partial charge on any atom is 0.225 e. The molecule has 2 aromatic rings. The van der Waals surface area contributed by atoms with Crippen molar-refractivity contribution in [2.24, 2.45) is 5.92 Å². The number of amides is 2. The van der Waals surface area contributed by atoms with E-state index in [0.29, 0.717) is 13.0 Å². The van der Waals surface area contributed by atoms with Crippen LogP contribution in [0.5, 0.6) is 0 Å². The maximum absolute atomic E-state index is 12.9. The first-order chi connectivity index (χ1) is 13.1. The Morgan fingerprint density at radius 2 is 1.89 bits per heavy atom. The molecule has 4 nitrogen and oxygen atoms in total. The summed E-state index contributed by atoms with van der Waals surface area (Å²) in [6.45, 7) is 2.52. The fourth-order valence-electron chi connectivity index (χ4n) is 3.97. The molecule has 3 atom stereocenters. The Balaban J connectivity index is 1.43. The molecular formula is C22H24N2O2S. The van der Waals surface area contributed by atoms with Gasteiger partial charge in [-0.1, -0.05) is 48.5 Å². The number of nitrogens with one attached hydrogen (secondary N) is 1. The Morgan fingerprint density at radius 3 is 2.70 bits per heavy atom. The van der Waals surface area contributed by atoms with Gasteiger partial charge in [-0.15, -0.1) is 11.8 Å². The van der Waals surface area contributed by atoms with Crippen LogP contribution in [-0.2, 0) is 9.59 Å². The zero-order valence-electron chi connectivity index (χ0n) is 15.4. The van der Waals surface area contributed by atoms with Crippen LogP contribution < -0.4 is 5.32 Å². The normalized spacial score (nSPS) is 23.0. The van der Waals surface area contributed by atoms with E-state index < -0.39 is 0 Å². The third-order valence-electron chi connectivity index (χ3n) is 5.55. The van der Waals surface area contributed by atoms with E-state index in [4.69, 9.17) is 0 Å². The number of fused-ring (bicyclic) bond motifs is 1. The molecule has 5 heteroatoms. The van der Waals surface area contributed by atoms with E-state index >= 15 is 0 Å². The van der Waals surface area contributed by atoms with Crippen molar-refractivity contribution in [3.63, 3.8) is 0 Å². The summed E-state index contributed by atoms with van der Waals surface area (Å²) in [4.78, 5) is 28.5. The molecule has 0 bridgehead atoms. The van der Waals surface area contributed by atoms with Crippen molar-refractivity contribution in [3.8, 4) is 0 Å². The molecule has 0 unspecified atom stereocenters. The van der Waals surface area contributed by atoms with Gasteiger partial charge >= 0.3 is 0 Å². The monoisotopic (exact) mass is 380 g/mol. The molecule has 4 rings (SSSR count). The molecule has 2 amide bonds. The Morgan fingerprint density at radius 1 is 1.15 bits per heavy atom. The lowest BCUT2D eigenvalue weighted by atomic mass is 10.0. The minimum atomic E-state index is -0.273. The highest BCUT2D eigenvalue weighted by Gasteiger charge is 2.38. The van der Waals surface area contributed by atoms with Crippen LogP contribution in [0.25, 0.3) is 0 Å². The Kier molecular flexibility index (Phi) is 5.21. The topological polar surface area (TPSA) is 49.4 Å². The van der Waals surface area contributed by atoms with Crippen LogP contribution in [0.1, 0.15) is 43.0 Å². The quantitative estimate of drug-likeness (QED) is 0.874. The van der Waals surface area contributed by atoms with Crippen molar-refractivity contribution in [3.05, 3.63) is 65.7 Å². The molecule has 0 radical (unpaired) electrons. The predicted octanol–water partition coefficient (Wildman–Crippen LogP) is 3.95. The second kappa shape index (κ2) is 7.77. The lowest BCUT2D eigenvalue weighted by molar-refractivity contribution is -0.130. The van der Waals surface area contributed by atoms with Crippen molar-refractivity contribution in [2.75, 3.05) is 12.3 Å². The van der Waals surface area contributed by atoms with Gasteiger partial charge in [-0.2, -0.15) is 0 Å². The molecule has 2 aromatic carbocycles. The predicted molar refractivity (Wildman–Crippen MR) is 107 cm³/mol. The van der Waals surface area contributed by atoms with E-state index in [-0.39, 0.29) is 29.8 Å². The highest BCUT2D eigenvalue weighted by Crippen LogP contribution is 2.36. The van der Waals surface area contributed by atoms with Crippen LogP contribution in [0.15, 0.2) is 59.5 Å². The Labute approximate surface area is 164 Å². The van der Waals surface area contributed by atoms with E-state index in [1.165, 1.54) is 10.5 Å². The average Bonchev–Trinajstić information content (AvgIpc) is 3.10. The van der Waals surface area contributed by atoms with Crippen LogP contribution in [0.4, 0.5) is 0 Å². The van der Waals surface area contributed by atoms with Crippen LogP contribution in [0.3, 0.4) is 0 Å². The average molecular weight is 381 g/mol. The van der Waals surface area contributed by atoms with Crippen molar-refractivity contribution >= 4 is 23.6 Å². The summed E-state index contributed by atoms with van der Waals surface area (Å²) in [6, 6.07) is 18.3. The Hall–Kier alpha value is -2.27. The number of rotatable bonds is 4. The van der Waals surface area contributed by atoms with E-state index in [9.17, 15) is 9.59 Å². The summed E-state index contributed by atoms with van der Waals surface area (Å²) in [5.74, 6) is 0.789. The van der Waals surface area contributed by atoms with E-state index in [0.717, 1.165) is 17.7 Å². The molecular weight excluding hydrogens is 356 g/mol. The van der Waals surface area contributed by atoms with Gasteiger partial charge in [0, 0.05) is 23.6 Å². The molecule has 140 valence electrons. The summed E-state index contributed by atoms with van der Waals surface area (Å²) in [7, 11) is 0. The standard InChI is InChI=1S/C22H24N2O2S/c1-15(16-7-3-2-4-8-16)24-14-17(13-21(24)25)22(26)23-19-11-12-27-20-10-6-5-9-18(19)20/h2-10,15,17,19H,11-14H2,1H3,(H,23,26)/t15-,17-,19+/m1/s1. The second-order valence-electron chi connectivity index (χ2n) is 7.27. The number of likely N-dealkylation sites (tertiary alicyclic amines) is 1. The van der Waals surface area contributed by atoms with E-state index in [2.05, 4.69) is 17.4 Å². The zero-order valence-corrected chi connectivity index (χ0v) is 16.2. The summed E-state index contributed by atoms with van der Waals surface area (Å²) >= 11 is 1.84. The van der Waals surface area contributed by atoms with E-state index in [1.807, 2.05) is 66.1 Å². The Bertz CT molecular complexity index is 839. The molecule has 1 saturated heterocycles. The van der Waals surface area contributed by atoms with Crippen molar-refractivity contribution in [2.45, 2.75) is 36.7 Å². The van der Waals surface area contributed by atoms with Gasteiger partial charge in [-0.3, -0.25) is 9.59 Å². The fraction of sp³-hybridized carbons (Fsp3) is 0.364. The summed E-state index contributed by atoms with van der Waals surface area (Å²) in [5, 5.41) is 3.21. The van der Waals surface area contributed by atoms with Crippen LogP contribution in [0.2, 0.25) is 0 Å². The maximum atomic E-state index is 12.9. The first kappa shape index (κ1) is 18.1. The number of carbonyl (C=O) groups is 2.